The first-order valence-electron chi connectivity index (χ1n) is 13.8. The zero-order valence-electron chi connectivity index (χ0n) is 22.9. The fourth-order valence-corrected chi connectivity index (χ4v) is 8.69. The highest BCUT2D eigenvalue weighted by Gasteiger charge is 2.77. The van der Waals surface area contributed by atoms with Crippen LogP contribution in [0, 0.1) is 28.6 Å². The standard InChI is InChI=1S/C31H38FNO6/c1-18-14-24-23-11-10-21-15-22(35)12-13-28(21,3)30(23,32)25(36)16-29(24,4)31(18,26(37)17-34)39-27(38)33-19(2)20-8-6-5-7-9-20/h5-9,12-13,15,18-19,23-25,34,36H,10-11,14,16-17H2,1-4H3,(H,33,38)/t18-,19-,23-,24-,25-,28-,29-,30-,31-/m0/s1. The maximum atomic E-state index is 17.4. The number of carbonyl (C=O) groups excluding carboxylic acids is 3. The minimum absolute atomic E-state index is 0.132. The number of ketones is 2. The number of alkyl carbamates (subject to hydrolysis) is 1. The van der Waals surface area contributed by atoms with Crippen LogP contribution < -0.4 is 5.32 Å². The number of carbonyl (C=O) groups is 3. The van der Waals surface area contributed by atoms with Gasteiger partial charge in [0.1, 0.15) is 6.61 Å². The quantitative estimate of drug-likeness (QED) is 0.512. The fraction of sp³-hybridized carbons (Fsp3) is 0.581. The van der Waals surface area contributed by atoms with Crippen molar-refractivity contribution in [1.82, 2.24) is 5.32 Å². The minimum atomic E-state index is -2.07. The van der Waals surface area contributed by atoms with Gasteiger partial charge in [-0.15, -0.1) is 0 Å². The molecule has 1 amide bonds. The molecule has 0 bridgehead atoms. The molecular weight excluding hydrogens is 501 g/mol. The van der Waals surface area contributed by atoms with Gasteiger partial charge in [0.2, 0.25) is 5.78 Å². The smallest absolute Gasteiger partial charge is 0.408 e. The van der Waals surface area contributed by atoms with E-state index in [2.05, 4.69) is 5.32 Å². The molecule has 0 aromatic heterocycles. The topological polar surface area (TPSA) is 113 Å². The van der Waals surface area contributed by atoms with Crippen LogP contribution in [0.1, 0.15) is 65.0 Å². The number of aliphatic hydroxyl groups is 2. The Balaban J connectivity index is 1.52. The molecule has 5 rings (SSSR count). The summed E-state index contributed by atoms with van der Waals surface area (Å²) in [5, 5.41) is 24.5. The molecule has 0 saturated heterocycles. The van der Waals surface area contributed by atoms with Gasteiger partial charge in [0, 0.05) is 22.7 Å². The number of Topliss-reactive ketones (excluding diaryl/α,β-unsaturated/α-hetero) is 1. The van der Waals surface area contributed by atoms with E-state index in [4.69, 9.17) is 4.74 Å². The van der Waals surface area contributed by atoms with Crippen molar-refractivity contribution in [2.75, 3.05) is 6.61 Å². The Kier molecular flexibility index (Phi) is 6.66. The van der Waals surface area contributed by atoms with E-state index < -0.39 is 70.5 Å². The molecular formula is C31H38FNO6. The monoisotopic (exact) mass is 539 g/mol. The summed E-state index contributed by atoms with van der Waals surface area (Å²) in [6.45, 7) is 6.29. The Morgan fingerprint density at radius 2 is 1.90 bits per heavy atom. The van der Waals surface area contributed by atoms with Gasteiger partial charge in [-0.3, -0.25) is 9.59 Å². The summed E-state index contributed by atoms with van der Waals surface area (Å²) in [4.78, 5) is 39.0. The van der Waals surface area contributed by atoms with Crippen LogP contribution in [0.4, 0.5) is 9.18 Å². The lowest BCUT2D eigenvalue weighted by molar-refractivity contribution is -0.219. The van der Waals surface area contributed by atoms with Crippen LogP contribution in [0.3, 0.4) is 0 Å². The second-order valence-corrected chi connectivity index (χ2v) is 12.4. The van der Waals surface area contributed by atoms with Crippen LogP contribution in [0.5, 0.6) is 0 Å². The van der Waals surface area contributed by atoms with Crippen molar-refractivity contribution in [3.8, 4) is 0 Å². The number of ether oxygens (including phenoxy) is 1. The Morgan fingerprint density at radius 3 is 2.56 bits per heavy atom. The van der Waals surface area contributed by atoms with Crippen molar-refractivity contribution in [3.05, 3.63) is 59.7 Å². The van der Waals surface area contributed by atoms with Crippen LogP contribution >= 0.6 is 0 Å². The third-order valence-electron chi connectivity index (χ3n) is 10.6. The first-order chi connectivity index (χ1) is 18.3. The highest BCUT2D eigenvalue weighted by Crippen LogP contribution is 2.71. The fourth-order valence-electron chi connectivity index (χ4n) is 8.69. The Hall–Kier alpha value is -2.84. The zero-order chi connectivity index (χ0) is 28.4. The molecule has 0 aliphatic heterocycles. The van der Waals surface area contributed by atoms with Crippen LogP contribution in [-0.4, -0.2) is 51.9 Å². The second-order valence-electron chi connectivity index (χ2n) is 12.4. The van der Waals surface area contributed by atoms with Crippen LogP contribution in [0.25, 0.3) is 0 Å². The summed E-state index contributed by atoms with van der Waals surface area (Å²) in [7, 11) is 0. The second kappa shape index (κ2) is 9.37. The van der Waals surface area contributed by atoms with Crippen LogP contribution in [0.15, 0.2) is 54.1 Å². The van der Waals surface area contributed by atoms with Gasteiger partial charge in [0.05, 0.1) is 12.1 Å². The third kappa shape index (κ3) is 3.70. The average Bonchev–Trinajstić information content (AvgIpc) is 3.12. The van der Waals surface area contributed by atoms with E-state index in [1.165, 1.54) is 12.2 Å². The average molecular weight is 540 g/mol. The molecule has 3 N–H and O–H groups in total. The lowest BCUT2D eigenvalue weighted by Gasteiger charge is -2.62. The summed E-state index contributed by atoms with van der Waals surface area (Å²) in [6, 6.07) is 8.92. The normalized spacial score (nSPS) is 41.5. The number of hydrogen-bond donors (Lipinski definition) is 3. The minimum Gasteiger partial charge on any atom is -0.434 e. The van der Waals surface area contributed by atoms with Gasteiger partial charge in [-0.1, -0.05) is 55.8 Å². The number of benzene rings is 1. The first kappa shape index (κ1) is 27.7. The number of fused-ring (bicyclic) bond motifs is 5. The number of halogens is 1. The van der Waals surface area contributed by atoms with E-state index in [1.54, 1.807) is 33.8 Å². The van der Waals surface area contributed by atoms with Crippen molar-refractivity contribution < 1.29 is 33.7 Å². The van der Waals surface area contributed by atoms with Crippen molar-refractivity contribution >= 4 is 17.7 Å². The number of amides is 1. The highest BCUT2D eigenvalue weighted by molar-refractivity contribution is 6.01. The van der Waals surface area contributed by atoms with Gasteiger partial charge in [-0.2, -0.15) is 0 Å². The summed E-state index contributed by atoms with van der Waals surface area (Å²) >= 11 is 0. The van der Waals surface area contributed by atoms with Crippen molar-refractivity contribution in [3.63, 3.8) is 0 Å². The SMILES string of the molecule is C[C@H](NC(=O)O[C@]1(C(=O)CO)[C@@H](C)C[C@H]2[C@@H]3CCC4=CC(=O)C=C[C@]4(C)[C@@]3(F)[C@@H](O)C[C@@]21C)c1ccccc1. The van der Waals surface area contributed by atoms with Crippen LogP contribution in [-0.2, 0) is 14.3 Å². The molecule has 4 aliphatic carbocycles. The molecule has 210 valence electrons. The van der Waals surface area contributed by atoms with Crippen molar-refractivity contribution in [2.24, 2.45) is 28.6 Å². The molecule has 0 spiro atoms. The van der Waals surface area contributed by atoms with E-state index >= 15 is 4.39 Å². The van der Waals surface area contributed by atoms with Crippen LogP contribution in [0.2, 0.25) is 0 Å². The van der Waals surface area contributed by atoms with Gasteiger partial charge in [-0.05, 0) is 63.2 Å². The van der Waals surface area contributed by atoms with Gasteiger partial charge in [-0.25, -0.2) is 9.18 Å². The lowest BCUT2D eigenvalue weighted by atomic mass is 9.44. The number of rotatable bonds is 5. The summed E-state index contributed by atoms with van der Waals surface area (Å²) in [6.07, 6.45) is 3.29. The van der Waals surface area contributed by atoms with Gasteiger partial charge in [0.25, 0.3) is 0 Å². The van der Waals surface area contributed by atoms with Gasteiger partial charge < -0.3 is 20.3 Å². The number of nitrogens with one attached hydrogen (secondary N) is 1. The Bertz CT molecular complexity index is 1250. The summed E-state index contributed by atoms with van der Waals surface area (Å²) in [5.74, 6) is -2.40. The van der Waals surface area contributed by atoms with Gasteiger partial charge >= 0.3 is 6.09 Å². The highest BCUT2D eigenvalue weighted by atomic mass is 19.1. The predicted molar refractivity (Wildman–Crippen MR) is 142 cm³/mol. The number of hydrogen-bond acceptors (Lipinski definition) is 6. The molecule has 1 aromatic rings. The van der Waals surface area contributed by atoms with E-state index in [9.17, 15) is 24.6 Å². The maximum Gasteiger partial charge on any atom is 0.408 e. The van der Waals surface area contributed by atoms with Gasteiger partial charge in [0.15, 0.2) is 17.1 Å². The van der Waals surface area contributed by atoms with E-state index in [0.717, 1.165) is 5.56 Å². The van der Waals surface area contributed by atoms with E-state index in [1.807, 2.05) is 30.3 Å². The van der Waals surface area contributed by atoms with E-state index in [0.29, 0.717) is 24.8 Å². The number of alkyl halides is 1. The predicted octanol–water partition coefficient (Wildman–Crippen LogP) is 4.39. The number of allylic oxidation sites excluding steroid dienone is 4. The molecule has 3 fully saturated rings. The maximum absolute atomic E-state index is 17.4. The largest absolute Gasteiger partial charge is 0.434 e. The molecule has 0 radical (unpaired) electrons. The summed E-state index contributed by atoms with van der Waals surface area (Å²) in [5.41, 5.74) is -4.57. The Labute approximate surface area is 228 Å². The zero-order valence-corrected chi connectivity index (χ0v) is 22.9. The van der Waals surface area contributed by atoms with Crippen molar-refractivity contribution in [2.45, 2.75) is 76.8 Å². The molecule has 4 aliphatic rings. The first-order valence-corrected chi connectivity index (χ1v) is 13.8. The molecule has 39 heavy (non-hydrogen) atoms. The molecule has 9 atom stereocenters. The number of aliphatic hydroxyl groups excluding tert-OH is 2. The lowest BCUT2D eigenvalue weighted by Crippen LogP contribution is -2.70. The molecule has 1 aromatic carbocycles. The molecule has 0 heterocycles. The molecule has 0 unspecified atom stereocenters. The van der Waals surface area contributed by atoms with E-state index in [-0.39, 0.29) is 12.2 Å². The van der Waals surface area contributed by atoms with Crippen molar-refractivity contribution in [1.29, 1.82) is 0 Å². The molecule has 3 saturated carbocycles. The third-order valence-corrected chi connectivity index (χ3v) is 10.6. The summed E-state index contributed by atoms with van der Waals surface area (Å²) < 4.78 is 23.5. The molecule has 7 nitrogen and oxygen atoms in total. The molecule has 8 heteroatoms. The Morgan fingerprint density at radius 1 is 1.21 bits per heavy atom.